The van der Waals surface area contributed by atoms with Gasteiger partial charge in [-0.1, -0.05) is 13.3 Å². The predicted molar refractivity (Wildman–Crippen MR) is 77.7 cm³/mol. The largest absolute Gasteiger partial charge is 0.493 e. The molecule has 0 aromatic heterocycles. The number of aryl methyl sites for hydroxylation is 1. The maximum absolute atomic E-state index is 11.3. The van der Waals surface area contributed by atoms with Gasteiger partial charge in [0.15, 0.2) is 11.5 Å². The van der Waals surface area contributed by atoms with E-state index in [1.165, 1.54) is 7.11 Å². The fourth-order valence-electron chi connectivity index (χ4n) is 1.96. The molecule has 5 nitrogen and oxygen atoms in total. The van der Waals surface area contributed by atoms with Crippen molar-refractivity contribution in [2.75, 3.05) is 21.3 Å². The van der Waals surface area contributed by atoms with Gasteiger partial charge in [0.2, 0.25) is 0 Å². The Morgan fingerprint density at radius 1 is 1.25 bits per heavy atom. The highest BCUT2D eigenvalue weighted by molar-refractivity contribution is 5.92. The van der Waals surface area contributed by atoms with Crippen LogP contribution in [-0.4, -0.2) is 27.3 Å². The first-order valence-electron chi connectivity index (χ1n) is 6.37. The van der Waals surface area contributed by atoms with Crippen molar-refractivity contribution in [2.45, 2.75) is 19.8 Å². The quantitative estimate of drug-likeness (QED) is 0.638. The first kappa shape index (κ1) is 15.9. The maximum atomic E-state index is 11.3. The average molecular weight is 279 g/mol. The van der Waals surface area contributed by atoms with E-state index in [0.29, 0.717) is 11.5 Å². The van der Waals surface area contributed by atoms with Crippen LogP contribution in [0.25, 0.3) is 6.08 Å². The van der Waals surface area contributed by atoms with Crippen molar-refractivity contribution in [3.8, 4) is 11.5 Å². The van der Waals surface area contributed by atoms with Crippen LogP contribution in [0.15, 0.2) is 17.8 Å². The molecule has 2 N–H and O–H groups in total. The first-order valence-corrected chi connectivity index (χ1v) is 6.37. The Morgan fingerprint density at radius 2 is 1.95 bits per heavy atom. The van der Waals surface area contributed by atoms with E-state index < -0.39 is 5.97 Å². The lowest BCUT2D eigenvalue weighted by Crippen LogP contribution is -2.12. The molecular weight excluding hydrogens is 258 g/mol. The Hall–Kier alpha value is -2.17. The van der Waals surface area contributed by atoms with Crippen LogP contribution in [0.4, 0.5) is 0 Å². The summed E-state index contributed by atoms with van der Waals surface area (Å²) >= 11 is 0. The van der Waals surface area contributed by atoms with E-state index in [-0.39, 0.29) is 5.70 Å². The van der Waals surface area contributed by atoms with Gasteiger partial charge in [-0.15, -0.1) is 0 Å². The molecule has 1 aromatic rings. The third-order valence-electron chi connectivity index (χ3n) is 2.84. The topological polar surface area (TPSA) is 70.8 Å². The van der Waals surface area contributed by atoms with Gasteiger partial charge < -0.3 is 19.9 Å². The van der Waals surface area contributed by atoms with Crippen molar-refractivity contribution in [1.82, 2.24) is 0 Å². The number of ether oxygens (including phenoxy) is 3. The monoisotopic (exact) mass is 279 g/mol. The molecule has 1 aromatic carbocycles. The van der Waals surface area contributed by atoms with Gasteiger partial charge in [0.25, 0.3) is 0 Å². The van der Waals surface area contributed by atoms with E-state index in [0.717, 1.165) is 24.0 Å². The van der Waals surface area contributed by atoms with Gasteiger partial charge in [-0.3, -0.25) is 0 Å². The number of benzene rings is 1. The molecule has 0 aliphatic heterocycles. The number of carbonyl (C=O) groups excluding carboxylic acids is 1. The van der Waals surface area contributed by atoms with E-state index in [4.69, 9.17) is 15.2 Å². The Bertz CT molecular complexity index is 509. The van der Waals surface area contributed by atoms with Crippen LogP contribution < -0.4 is 15.2 Å². The second-order valence-corrected chi connectivity index (χ2v) is 4.26. The minimum atomic E-state index is -0.558. The van der Waals surface area contributed by atoms with Gasteiger partial charge in [-0.2, -0.15) is 0 Å². The summed E-state index contributed by atoms with van der Waals surface area (Å²) in [7, 11) is 4.47. The van der Waals surface area contributed by atoms with Crippen molar-refractivity contribution in [1.29, 1.82) is 0 Å². The number of hydrogen-bond donors (Lipinski definition) is 1. The summed E-state index contributed by atoms with van der Waals surface area (Å²) in [5.74, 6) is 0.766. The fraction of sp³-hybridized carbons (Fsp3) is 0.400. The van der Waals surface area contributed by atoms with Crippen molar-refractivity contribution in [3.05, 3.63) is 29.0 Å². The number of carbonyl (C=O) groups is 1. The van der Waals surface area contributed by atoms with Crippen LogP contribution in [0.3, 0.4) is 0 Å². The minimum absolute atomic E-state index is 0.0437. The molecule has 0 heterocycles. The average Bonchev–Trinajstić information content (AvgIpc) is 2.46. The number of rotatable bonds is 6. The van der Waals surface area contributed by atoms with Crippen molar-refractivity contribution in [2.24, 2.45) is 5.73 Å². The second-order valence-electron chi connectivity index (χ2n) is 4.26. The third-order valence-corrected chi connectivity index (χ3v) is 2.84. The van der Waals surface area contributed by atoms with Crippen LogP contribution >= 0.6 is 0 Å². The molecule has 0 spiro atoms. The first-order chi connectivity index (χ1) is 9.57. The van der Waals surface area contributed by atoms with E-state index in [2.05, 4.69) is 11.7 Å². The number of nitrogens with two attached hydrogens (primary N) is 1. The SMILES string of the molecule is CCCc1cc(/C=C(\N)C(=O)OC)cc(OC)c1OC. The molecule has 0 bridgehead atoms. The van der Waals surface area contributed by atoms with Crippen molar-refractivity contribution >= 4 is 12.0 Å². The highest BCUT2D eigenvalue weighted by Gasteiger charge is 2.12. The van der Waals surface area contributed by atoms with Crippen molar-refractivity contribution < 1.29 is 19.0 Å². The predicted octanol–water partition coefficient (Wildman–Crippen LogP) is 2.13. The summed E-state index contributed by atoms with van der Waals surface area (Å²) in [6.45, 7) is 2.08. The summed E-state index contributed by atoms with van der Waals surface area (Å²) in [6, 6.07) is 3.70. The van der Waals surface area contributed by atoms with Crippen LogP contribution in [-0.2, 0) is 16.0 Å². The summed E-state index contributed by atoms with van der Waals surface area (Å²) in [5.41, 5.74) is 7.49. The molecule has 0 aliphatic rings. The molecule has 110 valence electrons. The zero-order chi connectivity index (χ0) is 15.1. The lowest BCUT2D eigenvalue weighted by atomic mass is 10.0. The third kappa shape index (κ3) is 3.66. The lowest BCUT2D eigenvalue weighted by molar-refractivity contribution is -0.136. The molecule has 0 saturated heterocycles. The Morgan fingerprint density at radius 3 is 2.45 bits per heavy atom. The highest BCUT2D eigenvalue weighted by Crippen LogP contribution is 2.34. The molecule has 0 amide bonds. The molecule has 0 aliphatic carbocycles. The highest BCUT2D eigenvalue weighted by atomic mass is 16.5. The standard InChI is InChI=1S/C15H21NO4/c1-5-6-11-7-10(8-12(16)15(17)20-4)9-13(18-2)14(11)19-3/h7-9H,5-6,16H2,1-4H3/b12-8-. The van der Waals surface area contributed by atoms with Crippen LogP contribution in [0, 0.1) is 0 Å². The summed E-state index contributed by atoms with van der Waals surface area (Å²) in [4.78, 5) is 11.3. The normalized spacial score (nSPS) is 11.1. The smallest absolute Gasteiger partial charge is 0.353 e. The van der Waals surface area contributed by atoms with E-state index in [1.54, 1.807) is 26.4 Å². The van der Waals surface area contributed by atoms with Gasteiger partial charge in [0.1, 0.15) is 5.70 Å². The zero-order valence-corrected chi connectivity index (χ0v) is 12.4. The van der Waals surface area contributed by atoms with Gasteiger partial charge in [-0.25, -0.2) is 4.79 Å². The minimum Gasteiger partial charge on any atom is -0.493 e. The number of esters is 1. The summed E-state index contributed by atoms with van der Waals surface area (Å²) < 4.78 is 15.3. The van der Waals surface area contributed by atoms with Gasteiger partial charge in [0, 0.05) is 0 Å². The molecule has 5 heteroatoms. The molecular formula is C15H21NO4. The van der Waals surface area contributed by atoms with E-state index in [1.807, 2.05) is 6.07 Å². The lowest BCUT2D eigenvalue weighted by Gasteiger charge is -2.14. The number of methoxy groups -OCH3 is 3. The van der Waals surface area contributed by atoms with Crippen LogP contribution in [0.2, 0.25) is 0 Å². The second kappa shape index (κ2) is 7.43. The van der Waals surface area contributed by atoms with E-state index in [9.17, 15) is 4.79 Å². The summed E-state index contributed by atoms with van der Waals surface area (Å²) in [6.07, 6.45) is 3.38. The maximum Gasteiger partial charge on any atom is 0.353 e. The van der Waals surface area contributed by atoms with Gasteiger partial charge in [-0.05, 0) is 35.8 Å². The molecule has 0 atom stereocenters. The summed E-state index contributed by atoms with van der Waals surface area (Å²) in [5, 5.41) is 0. The molecule has 0 radical (unpaired) electrons. The zero-order valence-electron chi connectivity index (χ0n) is 12.4. The molecule has 0 saturated carbocycles. The van der Waals surface area contributed by atoms with Crippen LogP contribution in [0.5, 0.6) is 11.5 Å². The fourth-order valence-corrected chi connectivity index (χ4v) is 1.96. The van der Waals surface area contributed by atoms with Crippen LogP contribution in [0.1, 0.15) is 24.5 Å². The molecule has 1 rings (SSSR count). The Kier molecular flexibility index (Phi) is 5.90. The van der Waals surface area contributed by atoms with Crippen molar-refractivity contribution in [3.63, 3.8) is 0 Å². The Labute approximate surface area is 119 Å². The molecule has 0 fully saturated rings. The molecule has 20 heavy (non-hydrogen) atoms. The van der Waals surface area contributed by atoms with E-state index >= 15 is 0 Å². The number of hydrogen-bond acceptors (Lipinski definition) is 5. The molecule has 0 unspecified atom stereocenters. The Balaban J connectivity index is 3.28. The van der Waals surface area contributed by atoms with Gasteiger partial charge in [0.05, 0.1) is 21.3 Å². The van der Waals surface area contributed by atoms with Gasteiger partial charge >= 0.3 is 5.97 Å².